The minimum Gasteiger partial charge on any atom is -0.756 e. The fourth-order valence-electron chi connectivity index (χ4n) is 2.64. The van der Waals surface area contributed by atoms with Crippen molar-refractivity contribution in [2.45, 2.75) is 71.8 Å². The highest BCUT2D eigenvalue weighted by Crippen LogP contribution is 2.38. The third-order valence-electron chi connectivity index (χ3n) is 4.25. The average Bonchev–Trinajstić information content (AvgIpc) is 2.57. The number of carbonyl (C=O) groups is 1. The predicted octanol–water partition coefficient (Wildman–Crippen LogP) is 3.64. The van der Waals surface area contributed by atoms with Crippen molar-refractivity contribution in [1.82, 2.24) is 5.32 Å². The molecule has 0 aromatic heterocycles. The summed E-state index contributed by atoms with van der Waals surface area (Å²) in [6.45, 7) is 6.72. The highest BCUT2D eigenvalue weighted by Gasteiger charge is 2.19. The zero-order chi connectivity index (χ0) is 22.3. The van der Waals surface area contributed by atoms with Gasteiger partial charge < -0.3 is 23.7 Å². The second-order valence-corrected chi connectivity index (χ2v) is 10.4. The molecule has 0 aromatic rings. The summed E-state index contributed by atoms with van der Waals surface area (Å²) in [6.07, 6.45) is 10.5. The van der Waals surface area contributed by atoms with Gasteiger partial charge in [0.1, 0.15) is 13.2 Å². The van der Waals surface area contributed by atoms with Gasteiger partial charge in [-0.15, -0.1) is 0 Å². The Kier molecular flexibility index (Phi) is 14.8. The molecule has 0 saturated carbocycles. The monoisotopic (exact) mass is 434 g/mol. The molecule has 8 heteroatoms. The first-order valence-electron chi connectivity index (χ1n) is 10.8. The fraction of sp³-hybridized carbons (Fsp3) is 0.857. The average molecular weight is 435 g/mol. The summed E-state index contributed by atoms with van der Waals surface area (Å²) in [5, 5.41) is 2.90. The van der Waals surface area contributed by atoms with E-state index < -0.39 is 7.82 Å². The Morgan fingerprint density at radius 1 is 1.14 bits per heavy atom. The van der Waals surface area contributed by atoms with Gasteiger partial charge in [0.15, 0.2) is 0 Å². The second-order valence-electron chi connectivity index (χ2n) is 8.99. The molecule has 1 N–H and O–H groups in total. The summed E-state index contributed by atoms with van der Waals surface area (Å²) in [5.74, 6) is 0.205. The smallest absolute Gasteiger partial charge is 0.268 e. The van der Waals surface area contributed by atoms with Gasteiger partial charge in [0.25, 0.3) is 7.82 Å². The van der Waals surface area contributed by atoms with E-state index in [2.05, 4.69) is 18.3 Å². The highest BCUT2D eigenvalue weighted by atomic mass is 31.2. The van der Waals surface area contributed by atoms with Gasteiger partial charge in [-0.2, -0.15) is 0 Å². The lowest BCUT2D eigenvalue weighted by atomic mass is 10.0. The summed E-state index contributed by atoms with van der Waals surface area (Å²) in [4.78, 5) is 24.2. The second kappa shape index (κ2) is 15.1. The standard InChI is InChI=1S/C21H43N2O5P/c1-7-8-9-10-11-12-13-14-21(24)22-20(17-19(2)3)18-28-29(25,26)27-16-15-23(4,5)6/h11-12,19-20H,7-10,13-18H2,1-6H3,(H-,22,24,25,26)/b12-11-/t20-/m1/s1. The molecule has 2 atom stereocenters. The van der Waals surface area contributed by atoms with Crippen molar-refractivity contribution in [2.75, 3.05) is 40.9 Å². The van der Waals surface area contributed by atoms with E-state index in [1.165, 1.54) is 19.3 Å². The Morgan fingerprint density at radius 2 is 1.79 bits per heavy atom. The topological polar surface area (TPSA) is 87.7 Å². The first kappa shape index (κ1) is 28.3. The third kappa shape index (κ3) is 19.0. The van der Waals surface area contributed by atoms with Crippen LogP contribution in [0, 0.1) is 5.92 Å². The molecule has 0 aliphatic rings. The number of carbonyl (C=O) groups excluding carboxylic acids is 1. The summed E-state index contributed by atoms with van der Waals surface area (Å²) in [5.41, 5.74) is 0. The van der Waals surface area contributed by atoms with Crippen molar-refractivity contribution < 1.29 is 27.8 Å². The van der Waals surface area contributed by atoms with E-state index in [0.717, 1.165) is 6.42 Å². The number of nitrogens with one attached hydrogen (secondary N) is 1. The maximum Gasteiger partial charge on any atom is 0.268 e. The molecular weight excluding hydrogens is 391 g/mol. The van der Waals surface area contributed by atoms with E-state index in [0.29, 0.717) is 36.2 Å². The zero-order valence-corrected chi connectivity index (χ0v) is 20.2. The molecule has 29 heavy (non-hydrogen) atoms. The van der Waals surface area contributed by atoms with Crippen molar-refractivity contribution >= 4 is 13.7 Å². The van der Waals surface area contributed by atoms with Crippen LogP contribution in [0.4, 0.5) is 0 Å². The molecule has 0 aliphatic carbocycles. The van der Waals surface area contributed by atoms with Gasteiger partial charge in [-0.25, -0.2) is 0 Å². The Labute approximate surface area is 178 Å². The van der Waals surface area contributed by atoms with Crippen LogP contribution in [0.25, 0.3) is 0 Å². The number of phosphoric ester groups is 1. The number of hydrogen-bond acceptors (Lipinski definition) is 5. The van der Waals surface area contributed by atoms with Gasteiger partial charge in [-0.05, 0) is 31.6 Å². The molecule has 0 bridgehead atoms. The Bertz CT molecular complexity index is 518. The van der Waals surface area contributed by atoms with Gasteiger partial charge in [0, 0.05) is 6.42 Å². The molecule has 0 fully saturated rings. The van der Waals surface area contributed by atoms with Crippen molar-refractivity contribution in [1.29, 1.82) is 0 Å². The first-order valence-corrected chi connectivity index (χ1v) is 12.3. The van der Waals surface area contributed by atoms with Crippen molar-refractivity contribution in [2.24, 2.45) is 5.92 Å². The van der Waals surface area contributed by atoms with Crippen LogP contribution in [-0.4, -0.2) is 57.3 Å². The number of hydrogen-bond donors (Lipinski definition) is 1. The van der Waals surface area contributed by atoms with Crippen LogP contribution in [0.3, 0.4) is 0 Å². The van der Waals surface area contributed by atoms with Crippen LogP contribution in [0.1, 0.15) is 65.7 Å². The summed E-state index contributed by atoms with van der Waals surface area (Å²) in [7, 11) is 1.48. The van der Waals surface area contributed by atoms with Gasteiger partial charge in [0.05, 0.1) is 33.8 Å². The number of allylic oxidation sites excluding steroid dienone is 2. The lowest BCUT2D eigenvalue weighted by Gasteiger charge is -2.29. The Hall–Kier alpha value is -0.720. The molecular formula is C21H43N2O5P. The SMILES string of the molecule is CCCCC/C=C\CCC(=O)N[C@@H](COP(=O)([O-])OCC[N+](C)(C)C)CC(C)C. The third-order valence-corrected chi connectivity index (χ3v) is 5.21. The maximum absolute atomic E-state index is 12.2. The Balaban J connectivity index is 4.36. The number of likely N-dealkylation sites (N-methyl/N-ethyl adjacent to an activating group) is 1. The maximum atomic E-state index is 12.2. The summed E-state index contributed by atoms with van der Waals surface area (Å²) >= 11 is 0. The molecule has 0 aliphatic heterocycles. The number of rotatable bonds is 17. The number of quaternary nitrogens is 1. The van der Waals surface area contributed by atoms with Gasteiger partial charge in [-0.1, -0.05) is 45.8 Å². The van der Waals surface area contributed by atoms with Crippen LogP contribution >= 0.6 is 7.82 Å². The number of amides is 1. The lowest BCUT2D eigenvalue weighted by Crippen LogP contribution is -2.39. The zero-order valence-electron chi connectivity index (χ0n) is 19.3. The molecule has 172 valence electrons. The Morgan fingerprint density at radius 3 is 2.38 bits per heavy atom. The first-order chi connectivity index (χ1) is 13.4. The number of nitrogens with zero attached hydrogens (tertiary/aromatic N) is 1. The van der Waals surface area contributed by atoms with Gasteiger partial charge in [-0.3, -0.25) is 9.36 Å². The van der Waals surface area contributed by atoms with E-state index in [1.807, 2.05) is 41.1 Å². The van der Waals surface area contributed by atoms with Crippen molar-refractivity contribution in [3.05, 3.63) is 12.2 Å². The molecule has 0 heterocycles. The molecule has 7 nitrogen and oxygen atoms in total. The van der Waals surface area contributed by atoms with Crippen LogP contribution in [0.5, 0.6) is 0 Å². The van der Waals surface area contributed by atoms with Crippen LogP contribution in [0.2, 0.25) is 0 Å². The van der Waals surface area contributed by atoms with E-state index in [9.17, 15) is 14.3 Å². The summed E-state index contributed by atoms with van der Waals surface area (Å²) in [6, 6.07) is -0.361. The minimum atomic E-state index is -4.38. The highest BCUT2D eigenvalue weighted by molar-refractivity contribution is 7.45. The largest absolute Gasteiger partial charge is 0.756 e. The van der Waals surface area contributed by atoms with E-state index in [4.69, 9.17) is 9.05 Å². The molecule has 0 aromatic carbocycles. The number of unbranched alkanes of at least 4 members (excludes halogenated alkanes) is 3. The molecule has 0 rings (SSSR count). The molecule has 1 amide bonds. The molecule has 0 radical (unpaired) electrons. The van der Waals surface area contributed by atoms with Gasteiger partial charge >= 0.3 is 0 Å². The van der Waals surface area contributed by atoms with Crippen LogP contribution in [-0.2, 0) is 18.4 Å². The van der Waals surface area contributed by atoms with E-state index in [1.54, 1.807) is 0 Å². The van der Waals surface area contributed by atoms with E-state index >= 15 is 0 Å². The van der Waals surface area contributed by atoms with Crippen LogP contribution < -0.4 is 10.2 Å². The normalized spacial score (nSPS) is 15.6. The van der Waals surface area contributed by atoms with Crippen molar-refractivity contribution in [3.8, 4) is 0 Å². The van der Waals surface area contributed by atoms with E-state index in [-0.39, 0.29) is 25.2 Å². The molecule has 0 saturated heterocycles. The quantitative estimate of drug-likeness (QED) is 0.163. The minimum absolute atomic E-state index is 0.0656. The number of phosphoric acid groups is 1. The molecule has 1 unspecified atom stereocenters. The van der Waals surface area contributed by atoms with Crippen LogP contribution in [0.15, 0.2) is 12.2 Å². The molecule has 0 spiro atoms. The van der Waals surface area contributed by atoms with Crippen molar-refractivity contribution in [3.63, 3.8) is 0 Å². The van der Waals surface area contributed by atoms with Gasteiger partial charge in [0.2, 0.25) is 5.91 Å². The lowest BCUT2D eigenvalue weighted by molar-refractivity contribution is -0.870. The predicted molar refractivity (Wildman–Crippen MR) is 116 cm³/mol. The fourth-order valence-corrected chi connectivity index (χ4v) is 3.39. The summed E-state index contributed by atoms with van der Waals surface area (Å²) < 4.78 is 22.5.